The Hall–Kier alpha value is -2.60. The van der Waals surface area contributed by atoms with Gasteiger partial charge in [0.25, 0.3) is 0 Å². The fourth-order valence-corrected chi connectivity index (χ4v) is 2.79. The van der Waals surface area contributed by atoms with E-state index in [1.54, 1.807) is 24.2 Å². The van der Waals surface area contributed by atoms with Crippen LogP contribution in [0.1, 0.15) is 11.3 Å². The number of aromatic amines is 2. The Kier molecular flexibility index (Phi) is 5.06. The monoisotopic (exact) mass is 323 g/mol. The summed E-state index contributed by atoms with van der Waals surface area (Å²) in [4.78, 5) is 4.23. The van der Waals surface area contributed by atoms with Crippen molar-refractivity contribution >= 4 is 22.7 Å². The van der Waals surface area contributed by atoms with Crippen LogP contribution in [0, 0.1) is 6.92 Å². The predicted octanol–water partition coefficient (Wildman–Crippen LogP) is 3.96. The number of nitrogens with one attached hydrogen (secondary N) is 2. The highest BCUT2D eigenvalue weighted by Gasteiger charge is 2.03. The summed E-state index contributed by atoms with van der Waals surface area (Å²) >= 11 is 1.70. The molecule has 2 N–H and O–H groups in total. The van der Waals surface area contributed by atoms with Crippen LogP contribution in [-0.2, 0) is 6.42 Å². The van der Waals surface area contributed by atoms with Crippen LogP contribution in [0.3, 0.4) is 0 Å². The zero-order valence-electron chi connectivity index (χ0n) is 12.7. The van der Waals surface area contributed by atoms with Gasteiger partial charge in [-0.05, 0) is 48.6 Å². The van der Waals surface area contributed by atoms with E-state index < -0.39 is 0 Å². The number of thioether (sulfide) groups is 1. The highest BCUT2D eigenvalue weighted by molar-refractivity contribution is 8.02. The first-order valence-electron chi connectivity index (χ1n) is 7.26. The van der Waals surface area contributed by atoms with E-state index >= 15 is 0 Å². The van der Waals surface area contributed by atoms with Gasteiger partial charge in [-0.3, -0.25) is 10.2 Å². The summed E-state index contributed by atoms with van der Waals surface area (Å²) in [6, 6.07) is 9.93. The van der Waals surface area contributed by atoms with Crippen molar-refractivity contribution in [3.05, 3.63) is 71.7 Å². The molecular weight excluding hydrogens is 306 g/mol. The molecule has 0 amide bonds. The Morgan fingerprint density at radius 1 is 1.04 bits per heavy atom. The molecule has 4 heterocycles. The standard InChI is InChI=1S/C9H10N4.C8H7NS/c1-7-2-3-9-8(6-11-13-9)4-5-10-12-7;1-3-7-4-2-6-10-8(7)9-5-1/h2-6,12-13H,1H3;1-3,5-6H,4H2. The summed E-state index contributed by atoms with van der Waals surface area (Å²) in [6.45, 7) is 1.95. The molecule has 3 aromatic heterocycles. The van der Waals surface area contributed by atoms with Gasteiger partial charge < -0.3 is 0 Å². The van der Waals surface area contributed by atoms with Gasteiger partial charge in [0.2, 0.25) is 0 Å². The Labute approximate surface area is 138 Å². The number of allylic oxidation sites excluding steroid dienone is 1. The second kappa shape index (κ2) is 7.60. The molecule has 116 valence electrons. The summed E-state index contributed by atoms with van der Waals surface area (Å²) in [5.74, 6) is 0. The SMILES string of the molecule is C1=CSc2ncccc2C1.Cc1ccc2[nH]ncc2ccn[nH]1. The van der Waals surface area contributed by atoms with Crippen molar-refractivity contribution in [2.45, 2.75) is 18.4 Å². The minimum atomic E-state index is 0.993. The summed E-state index contributed by atoms with van der Waals surface area (Å²) in [5, 5.41) is 18.0. The van der Waals surface area contributed by atoms with Gasteiger partial charge in [-0.25, -0.2) is 4.98 Å². The molecule has 0 radical (unpaired) electrons. The first kappa shape index (κ1) is 15.3. The first-order chi connectivity index (χ1) is 11.3. The number of hydrogen-bond donors (Lipinski definition) is 2. The number of fused-ring (bicyclic) bond motifs is 2. The van der Waals surface area contributed by atoms with Gasteiger partial charge in [0.15, 0.2) is 0 Å². The topological polar surface area (TPSA) is 70.2 Å². The number of nitrogens with zero attached hydrogens (tertiary/aromatic N) is 3. The van der Waals surface area contributed by atoms with Crippen LogP contribution in [0.15, 0.2) is 65.4 Å². The maximum atomic E-state index is 4.23. The second-order valence-corrected chi connectivity index (χ2v) is 5.87. The third-order valence-corrected chi connectivity index (χ3v) is 4.15. The number of aromatic nitrogens is 5. The summed E-state index contributed by atoms with van der Waals surface area (Å²) in [5.41, 5.74) is 3.33. The van der Waals surface area contributed by atoms with Gasteiger partial charge in [0.1, 0.15) is 5.03 Å². The molecule has 0 fully saturated rings. The van der Waals surface area contributed by atoms with Crippen LogP contribution < -0.4 is 0 Å². The molecule has 0 saturated heterocycles. The number of H-pyrrole nitrogens is 2. The molecule has 1 aliphatic heterocycles. The number of aryl methyl sites for hydroxylation is 1. The summed E-state index contributed by atoms with van der Waals surface area (Å²) < 4.78 is 0. The van der Waals surface area contributed by atoms with E-state index in [-0.39, 0.29) is 0 Å². The molecule has 6 heteroatoms. The van der Waals surface area contributed by atoms with Gasteiger partial charge in [-0.1, -0.05) is 23.9 Å². The van der Waals surface area contributed by atoms with Crippen molar-refractivity contribution < 1.29 is 0 Å². The minimum Gasteiger partial charge on any atom is -0.283 e. The molecule has 5 nitrogen and oxygen atoms in total. The highest BCUT2D eigenvalue weighted by Crippen LogP contribution is 2.25. The Morgan fingerprint density at radius 2 is 2.00 bits per heavy atom. The molecule has 3 aromatic rings. The smallest absolute Gasteiger partial charge is 0.104 e. The van der Waals surface area contributed by atoms with E-state index in [0.29, 0.717) is 0 Å². The zero-order chi connectivity index (χ0) is 15.9. The van der Waals surface area contributed by atoms with Crippen LogP contribution in [0.5, 0.6) is 0 Å². The Balaban J connectivity index is 0.000000140. The third-order valence-electron chi connectivity index (χ3n) is 3.23. The molecule has 0 aromatic carbocycles. The van der Waals surface area contributed by atoms with Crippen molar-refractivity contribution in [3.63, 3.8) is 0 Å². The van der Waals surface area contributed by atoms with Crippen LogP contribution >= 0.6 is 11.8 Å². The maximum Gasteiger partial charge on any atom is 0.104 e. The predicted molar refractivity (Wildman–Crippen MR) is 93.5 cm³/mol. The van der Waals surface area contributed by atoms with E-state index in [9.17, 15) is 0 Å². The summed E-state index contributed by atoms with van der Waals surface area (Å²) in [6.07, 6.45) is 8.52. The second-order valence-electron chi connectivity index (χ2n) is 4.97. The zero-order valence-corrected chi connectivity index (χ0v) is 13.5. The van der Waals surface area contributed by atoms with Gasteiger partial charge in [-0.15, -0.1) is 0 Å². The summed E-state index contributed by atoms with van der Waals surface area (Å²) in [7, 11) is 0. The van der Waals surface area contributed by atoms with Crippen LogP contribution in [0.4, 0.5) is 0 Å². The normalized spacial score (nSPS) is 12.0. The van der Waals surface area contributed by atoms with Crippen molar-refractivity contribution in [1.82, 2.24) is 25.4 Å². The van der Waals surface area contributed by atoms with E-state index in [1.165, 1.54) is 5.56 Å². The maximum absolute atomic E-state index is 4.23. The lowest BCUT2D eigenvalue weighted by Crippen LogP contribution is -1.90. The van der Waals surface area contributed by atoms with Crippen LogP contribution in [-0.4, -0.2) is 25.4 Å². The molecule has 23 heavy (non-hydrogen) atoms. The lowest BCUT2D eigenvalue weighted by atomic mass is 10.2. The van der Waals surface area contributed by atoms with Crippen molar-refractivity contribution in [3.8, 4) is 0 Å². The van der Waals surface area contributed by atoms with Gasteiger partial charge in [-0.2, -0.15) is 10.2 Å². The lowest BCUT2D eigenvalue weighted by molar-refractivity contribution is 0.999. The third kappa shape index (κ3) is 4.20. The van der Waals surface area contributed by atoms with Crippen molar-refractivity contribution in [1.29, 1.82) is 0 Å². The minimum absolute atomic E-state index is 0.993. The largest absolute Gasteiger partial charge is 0.283 e. The molecule has 4 rings (SSSR count). The molecule has 0 spiro atoms. The fraction of sp³-hybridized carbons (Fsp3) is 0.118. The average Bonchev–Trinajstić information content (AvgIpc) is 3.06. The molecule has 0 bridgehead atoms. The van der Waals surface area contributed by atoms with E-state index in [2.05, 4.69) is 42.9 Å². The van der Waals surface area contributed by atoms with E-state index in [1.807, 2.05) is 37.4 Å². The highest BCUT2D eigenvalue weighted by atomic mass is 32.2. The van der Waals surface area contributed by atoms with Crippen LogP contribution in [0.2, 0.25) is 0 Å². The molecule has 1 aliphatic rings. The molecule has 0 unspecified atom stereocenters. The first-order valence-corrected chi connectivity index (χ1v) is 8.14. The molecular formula is C17H17N5S. The van der Waals surface area contributed by atoms with Crippen LogP contribution in [0.25, 0.3) is 10.9 Å². The van der Waals surface area contributed by atoms with Crippen molar-refractivity contribution in [2.24, 2.45) is 0 Å². The molecule has 0 aliphatic carbocycles. The van der Waals surface area contributed by atoms with Gasteiger partial charge >= 0.3 is 0 Å². The molecule has 0 saturated carbocycles. The van der Waals surface area contributed by atoms with Gasteiger partial charge in [0.05, 0.1) is 11.7 Å². The Bertz CT molecular complexity index is 837. The number of pyridine rings is 1. The van der Waals surface area contributed by atoms with E-state index in [4.69, 9.17) is 0 Å². The lowest BCUT2D eigenvalue weighted by Gasteiger charge is -2.06. The average molecular weight is 323 g/mol. The number of rotatable bonds is 0. The molecule has 0 atom stereocenters. The van der Waals surface area contributed by atoms with Crippen molar-refractivity contribution in [2.75, 3.05) is 0 Å². The van der Waals surface area contributed by atoms with Gasteiger partial charge in [0, 0.05) is 23.5 Å². The Morgan fingerprint density at radius 3 is 2.91 bits per heavy atom. The number of hydrogen-bond acceptors (Lipinski definition) is 4. The fourth-order valence-electron chi connectivity index (χ4n) is 2.05. The quantitative estimate of drug-likeness (QED) is 0.657. The van der Waals surface area contributed by atoms with E-state index in [0.717, 1.165) is 28.0 Å².